The molecule has 1 unspecified atom stereocenters. The van der Waals surface area contributed by atoms with E-state index in [1.165, 1.54) is 10.4 Å². The zero-order chi connectivity index (χ0) is 22.0. The molecule has 8 heteroatoms. The number of sulfonamides is 1. The minimum atomic E-state index is -3.65. The summed E-state index contributed by atoms with van der Waals surface area (Å²) in [4.78, 5) is 13.0. The van der Waals surface area contributed by atoms with Crippen molar-refractivity contribution in [2.45, 2.75) is 37.6 Å². The Kier molecular flexibility index (Phi) is 6.20. The lowest BCUT2D eigenvalue weighted by molar-refractivity contribution is -0.126. The van der Waals surface area contributed by atoms with Gasteiger partial charge in [0, 0.05) is 25.1 Å². The van der Waals surface area contributed by atoms with Crippen molar-refractivity contribution in [3.05, 3.63) is 53.6 Å². The van der Waals surface area contributed by atoms with Crippen LogP contribution in [0.15, 0.2) is 47.4 Å². The first-order chi connectivity index (χ1) is 14.9. The molecule has 2 aromatic rings. The van der Waals surface area contributed by atoms with E-state index < -0.39 is 10.0 Å². The lowest BCUT2D eigenvalue weighted by Gasteiger charge is -2.31. The summed E-state index contributed by atoms with van der Waals surface area (Å²) < 4.78 is 38.6. The number of nitrogens with one attached hydrogen (secondary N) is 1. The highest BCUT2D eigenvalue weighted by Gasteiger charge is 2.33. The molecule has 1 saturated heterocycles. The molecule has 1 N–H and O–H groups in total. The van der Waals surface area contributed by atoms with Crippen molar-refractivity contribution >= 4 is 15.9 Å². The molecular formula is C23H28N2O5S. The molecule has 0 radical (unpaired) electrons. The largest absolute Gasteiger partial charge is 0.486 e. The van der Waals surface area contributed by atoms with Gasteiger partial charge in [-0.2, -0.15) is 4.31 Å². The number of benzene rings is 2. The summed E-state index contributed by atoms with van der Waals surface area (Å²) in [6.45, 7) is 5.48. The molecule has 7 nitrogen and oxygen atoms in total. The first-order valence-corrected chi connectivity index (χ1v) is 12.1. The Labute approximate surface area is 183 Å². The summed E-state index contributed by atoms with van der Waals surface area (Å²) in [6.07, 6.45) is 0.992. The predicted molar refractivity (Wildman–Crippen MR) is 117 cm³/mol. The van der Waals surface area contributed by atoms with E-state index in [-0.39, 0.29) is 22.8 Å². The number of ether oxygens (including phenoxy) is 2. The number of hydrogen-bond donors (Lipinski definition) is 1. The minimum Gasteiger partial charge on any atom is -0.486 e. The lowest BCUT2D eigenvalue weighted by atomic mass is 9.96. The summed E-state index contributed by atoms with van der Waals surface area (Å²) in [7, 11) is -3.65. The third-order valence-corrected chi connectivity index (χ3v) is 7.88. The summed E-state index contributed by atoms with van der Waals surface area (Å²) in [5, 5.41) is 3.09. The second kappa shape index (κ2) is 8.88. The van der Waals surface area contributed by atoms with Crippen LogP contribution in [0.2, 0.25) is 0 Å². The van der Waals surface area contributed by atoms with Gasteiger partial charge in [0.05, 0.1) is 10.9 Å². The standard InChI is InChI=1S/C23H28N2O5S/c1-16-5-3-4-6-20(16)17(2)24-23(26)18-9-11-25(12-10-18)31(27,28)19-7-8-21-22(15-19)30-14-13-29-21/h3-8,15,17-18H,9-14H2,1-2H3,(H,24,26). The van der Waals surface area contributed by atoms with Gasteiger partial charge in [-0.1, -0.05) is 24.3 Å². The van der Waals surface area contributed by atoms with Crippen molar-refractivity contribution in [1.29, 1.82) is 0 Å². The fraction of sp³-hybridized carbons (Fsp3) is 0.435. The Morgan fingerprint density at radius 2 is 1.74 bits per heavy atom. The number of nitrogens with zero attached hydrogens (tertiary/aromatic N) is 1. The van der Waals surface area contributed by atoms with E-state index in [0.717, 1.165) is 11.1 Å². The van der Waals surface area contributed by atoms with Gasteiger partial charge in [-0.15, -0.1) is 0 Å². The molecule has 2 aliphatic rings. The van der Waals surface area contributed by atoms with E-state index >= 15 is 0 Å². The topological polar surface area (TPSA) is 84.9 Å². The fourth-order valence-electron chi connectivity index (χ4n) is 4.17. The number of aryl methyl sites for hydroxylation is 1. The number of carbonyl (C=O) groups excluding carboxylic acids is 1. The Morgan fingerprint density at radius 3 is 2.45 bits per heavy atom. The molecule has 0 aliphatic carbocycles. The van der Waals surface area contributed by atoms with E-state index in [0.29, 0.717) is 50.6 Å². The van der Waals surface area contributed by atoms with Crippen molar-refractivity contribution in [2.24, 2.45) is 5.92 Å². The second-order valence-electron chi connectivity index (χ2n) is 8.07. The number of amides is 1. The van der Waals surface area contributed by atoms with E-state index in [9.17, 15) is 13.2 Å². The number of piperidine rings is 1. The Hall–Kier alpha value is -2.58. The molecule has 2 aromatic carbocycles. The highest BCUT2D eigenvalue weighted by atomic mass is 32.2. The molecule has 0 saturated carbocycles. The SMILES string of the molecule is Cc1ccccc1C(C)NC(=O)C1CCN(S(=O)(=O)c2ccc3c(c2)OCCO3)CC1. The zero-order valence-electron chi connectivity index (χ0n) is 17.8. The maximum absolute atomic E-state index is 13.1. The van der Waals surface area contributed by atoms with Gasteiger partial charge < -0.3 is 14.8 Å². The summed E-state index contributed by atoms with van der Waals surface area (Å²) in [6, 6.07) is 12.6. The van der Waals surface area contributed by atoms with E-state index in [2.05, 4.69) is 5.32 Å². The van der Waals surface area contributed by atoms with Gasteiger partial charge in [0.2, 0.25) is 15.9 Å². The van der Waals surface area contributed by atoms with Crippen LogP contribution in [0.1, 0.15) is 36.9 Å². The van der Waals surface area contributed by atoms with Crippen LogP contribution in [-0.4, -0.2) is 44.9 Å². The number of hydrogen-bond acceptors (Lipinski definition) is 5. The van der Waals surface area contributed by atoms with Crippen LogP contribution in [-0.2, 0) is 14.8 Å². The highest BCUT2D eigenvalue weighted by molar-refractivity contribution is 7.89. The molecule has 0 aromatic heterocycles. The molecule has 2 aliphatic heterocycles. The molecule has 1 fully saturated rings. The molecule has 4 rings (SSSR count). The molecule has 31 heavy (non-hydrogen) atoms. The summed E-state index contributed by atoms with van der Waals surface area (Å²) in [5.74, 6) is 0.792. The van der Waals surface area contributed by atoms with Crippen LogP contribution < -0.4 is 14.8 Å². The summed E-state index contributed by atoms with van der Waals surface area (Å²) >= 11 is 0. The maximum Gasteiger partial charge on any atom is 0.243 e. The van der Waals surface area contributed by atoms with Crippen LogP contribution >= 0.6 is 0 Å². The van der Waals surface area contributed by atoms with Crippen molar-refractivity contribution in [2.75, 3.05) is 26.3 Å². The van der Waals surface area contributed by atoms with Gasteiger partial charge in [-0.05, 0) is 49.9 Å². The molecule has 2 heterocycles. The quantitative estimate of drug-likeness (QED) is 0.766. The summed E-state index contributed by atoms with van der Waals surface area (Å²) in [5.41, 5.74) is 2.23. The van der Waals surface area contributed by atoms with Gasteiger partial charge in [0.1, 0.15) is 13.2 Å². The Balaban J connectivity index is 1.38. The monoisotopic (exact) mass is 444 g/mol. The number of fused-ring (bicyclic) bond motifs is 1. The fourth-order valence-corrected chi connectivity index (χ4v) is 5.66. The molecule has 1 atom stereocenters. The Morgan fingerprint density at radius 1 is 1.06 bits per heavy atom. The molecule has 0 spiro atoms. The van der Waals surface area contributed by atoms with Crippen LogP contribution in [0.5, 0.6) is 11.5 Å². The normalized spacial score (nSPS) is 18.4. The lowest BCUT2D eigenvalue weighted by Crippen LogP contribution is -2.43. The van der Waals surface area contributed by atoms with Gasteiger partial charge in [-0.25, -0.2) is 8.42 Å². The van der Waals surface area contributed by atoms with Crippen LogP contribution in [0.4, 0.5) is 0 Å². The third kappa shape index (κ3) is 4.55. The van der Waals surface area contributed by atoms with Crippen LogP contribution in [0, 0.1) is 12.8 Å². The van der Waals surface area contributed by atoms with Gasteiger partial charge >= 0.3 is 0 Å². The first-order valence-electron chi connectivity index (χ1n) is 10.6. The zero-order valence-corrected chi connectivity index (χ0v) is 18.7. The number of carbonyl (C=O) groups is 1. The van der Waals surface area contributed by atoms with Crippen molar-refractivity contribution < 1.29 is 22.7 Å². The minimum absolute atomic E-state index is 0.0212. The highest BCUT2D eigenvalue weighted by Crippen LogP contribution is 2.34. The van der Waals surface area contributed by atoms with Crippen molar-refractivity contribution in [3.63, 3.8) is 0 Å². The van der Waals surface area contributed by atoms with E-state index in [1.807, 2.05) is 38.1 Å². The maximum atomic E-state index is 13.1. The average Bonchev–Trinajstić information content (AvgIpc) is 2.79. The first kappa shape index (κ1) is 21.6. The predicted octanol–water partition coefficient (Wildman–Crippen LogP) is 3.04. The second-order valence-corrected chi connectivity index (χ2v) is 10.0. The van der Waals surface area contributed by atoms with Gasteiger partial charge in [0.15, 0.2) is 11.5 Å². The van der Waals surface area contributed by atoms with Crippen molar-refractivity contribution in [1.82, 2.24) is 9.62 Å². The Bertz CT molecular complexity index is 1060. The molecule has 166 valence electrons. The molecular weight excluding hydrogens is 416 g/mol. The van der Waals surface area contributed by atoms with E-state index in [1.54, 1.807) is 12.1 Å². The molecule has 1 amide bonds. The average molecular weight is 445 g/mol. The van der Waals surface area contributed by atoms with Crippen molar-refractivity contribution in [3.8, 4) is 11.5 Å². The van der Waals surface area contributed by atoms with Crippen LogP contribution in [0.3, 0.4) is 0 Å². The third-order valence-electron chi connectivity index (χ3n) is 5.99. The smallest absolute Gasteiger partial charge is 0.243 e. The van der Waals surface area contributed by atoms with E-state index in [4.69, 9.17) is 9.47 Å². The number of rotatable bonds is 5. The van der Waals surface area contributed by atoms with Gasteiger partial charge in [0.25, 0.3) is 0 Å². The van der Waals surface area contributed by atoms with Crippen LogP contribution in [0.25, 0.3) is 0 Å². The molecule has 0 bridgehead atoms. The van der Waals surface area contributed by atoms with Gasteiger partial charge in [-0.3, -0.25) is 4.79 Å².